The van der Waals surface area contributed by atoms with E-state index in [1.807, 2.05) is 4.90 Å². The summed E-state index contributed by atoms with van der Waals surface area (Å²) < 4.78 is 0. The minimum Gasteiger partial charge on any atom is -0.340 e. The maximum absolute atomic E-state index is 12.2. The average molecular weight is 302 g/mol. The number of unbranched alkanes of at least 4 members (excludes halogenated alkanes) is 1. The monoisotopic (exact) mass is 302 g/mol. The Morgan fingerprint density at radius 1 is 1.23 bits per heavy atom. The van der Waals surface area contributed by atoms with Crippen molar-refractivity contribution in [2.75, 3.05) is 26.2 Å². The molecule has 1 aliphatic rings. The molecule has 1 amide bonds. The number of aryl methyl sites for hydroxylation is 1. The van der Waals surface area contributed by atoms with Crippen LogP contribution in [0, 0.1) is 0 Å². The van der Waals surface area contributed by atoms with Crippen LogP contribution in [0.1, 0.15) is 56.6 Å². The van der Waals surface area contributed by atoms with Gasteiger partial charge in [0, 0.05) is 32.6 Å². The maximum atomic E-state index is 12.2. The number of benzene rings is 1. The summed E-state index contributed by atoms with van der Waals surface area (Å²) >= 11 is 0. The highest BCUT2D eigenvalue weighted by Crippen LogP contribution is 2.22. The molecule has 0 aliphatic carbocycles. The lowest BCUT2D eigenvalue weighted by atomic mass is 9.94. The number of amides is 1. The van der Waals surface area contributed by atoms with Crippen LogP contribution in [-0.2, 0) is 11.2 Å². The second-order valence-electron chi connectivity index (χ2n) is 6.42. The highest BCUT2D eigenvalue weighted by atomic mass is 16.2. The van der Waals surface area contributed by atoms with E-state index in [-0.39, 0.29) is 0 Å². The quantitative estimate of drug-likeness (QED) is 0.838. The molecule has 1 aromatic carbocycles. The maximum Gasteiger partial charge on any atom is 0.222 e. The van der Waals surface area contributed by atoms with Gasteiger partial charge in [0.2, 0.25) is 5.91 Å². The Kier molecular flexibility index (Phi) is 6.91. The smallest absolute Gasteiger partial charge is 0.222 e. The number of rotatable bonds is 7. The van der Waals surface area contributed by atoms with Gasteiger partial charge in [-0.15, -0.1) is 0 Å². The first kappa shape index (κ1) is 17.0. The largest absolute Gasteiger partial charge is 0.340 e. The summed E-state index contributed by atoms with van der Waals surface area (Å²) in [6.07, 6.45) is 5.28. The van der Waals surface area contributed by atoms with Gasteiger partial charge in [-0.1, -0.05) is 44.5 Å². The third kappa shape index (κ3) is 5.13. The van der Waals surface area contributed by atoms with Gasteiger partial charge < -0.3 is 10.2 Å². The van der Waals surface area contributed by atoms with Crippen molar-refractivity contribution in [3.05, 3.63) is 35.4 Å². The highest BCUT2D eigenvalue weighted by Gasteiger charge is 2.17. The van der Waals surface area contributed by atoms with E-state index in [9.17, 15) is 4.79 Å². The van der Waals surface area contributed by atoms with Gasteiger partial charge in [0.05, 0.1) is 0 Å². The molecule has 1 fully saturated rings. The van der Waals surface area contributed by atoms with Crippen LogP contribution >= 0.6 is 0 Å². The summed E-state index contributed by atoms with van der Waals surface area (Å²) in [5.41, 5.74) is 2.78. The molecule has 0 spiro atoms. The number of hydrogen-bond acceptors (Lipinski definition) is 2. The molecule has 0 aromatic heterocycles. The molecule has 2 rings (SSSR count). The molecule has 122 valence electrons. The fraction of sp³-hybridized carbons (Fsp3) is 0.632. The standard InChI is InChI=1S/C19H30N2O/c1-3-4-5-17-7-9-18(10-8-17)16(2)6-11-19(22)21-14-12-20-13-15-21/h7-10,16,20H,3-6,11-15H2,1-2H3. The van der Waals surface area contributed by atoms with E-state index in [0.717, 1.165) is 32.6 Å². The lowest BCUT2D eigenvalue weighted by molar-refractivity contribution is -0.131. The second-order valence-corrected chi connectivity index (χ2v) is 6.42. The second kappa shape index (κ2) is 8.94. The third-order valence-electron chi connectivity index (χ3n) is 4.63. The van der Waals surface area contributed by atoms with Crippen molar-refractivity contribution in [2.24, 2.45) is 0 Å². The van der Waals surface area contributed by atoms with Crippen LogP contribution in [-0.4, -0.2) is 37.0 Å². The first-order valence-electron chi connectivity index (χ1n) is 8.78. The predicted molar refractivity (Wildman–Crippen MR) is 92.2 cm³/mol. The number of carbonyl (C=O) groups is 1. The first-order valence-corrected chi connectivity index (χ1v) is 8.78. The number of nitrogens with zero attached hydrogens (tertiary/aromatic N) is 1. The van der Waals surface area contributed by atoms with E-state index >= 15 is 0 Å². The molecule has 22 heavy (non-hydrogen) atoms. The van der Waals surface area contributed by atoms with Gasteiger partial charge in [-0.2, -0.15) is 0 Å². The summed E-state index contributed by atoms with van der Waals surface area (Å²) in [6, 6.07) is 8.98. The van der Waals surface area contributed by atoms with Gasteiger partial charge in [-0.3, -0.25) is 4.79 Å². The van der Waals surface area contributed by atoms with Crippen molar-refractivity contribution in [1.29, 1.82) is 0 Å². The molecular weight excluding hydrogens is 272 g/mol. The predicted octanol–water partition coefficient (Wildman–Crippen LogP) is 3.34. The number of hydrogen-bond donors (Lipinski definition) is 1. The van der Waals surface area contributed by atoms with Crippen molar-refractivity contribution < 1.29 is 4.79 Å². The number of piperazine rings is 1. The Labute approximate surface area is 135 Å². The van der Waals surface area contributed by atoms with Gasteiger partial charge in [-0.05, 0) is 36.3 Å². The summed E-state index contributed by atoms with van der Waals surface area (Å²) in [6.45, 7) is 8.04. The molecule has 1 unspecified atom stereocenters. The van der Waals surface area contributed by atoms with Crippen LogP contribution in [0.25, 0.3) is 0 Å². The van der Waals surface area contributed by atoms with Crippen molar-refractivity contribution >= 4 is 5.91 Å². The SMILES string of the molecule is CCCCc1ccc(C(C)CCC(=O)N2CCNCC2)cc1. The molecule has 1 atom stereocenters. The first-order chi connectivity index (χ1) is 10.7. The van der Waals surface area contributed by atoms with Crippen LogP contribution < -0.4 is 5.32 Å². The normalized spacial score (nSPS) is 16.5. The fourth-order valence-corrected chi connectivity index (χ4v) is 2.97. The van der Waals surface area contributed by atoms with Crippen LogP contribution in [0.15, 0.2) is 24.3 Å². The molecule has 0 saturated carbocycles. The van der Waals surface area contributed by atoms with Crippen LogP contribution in [0.4, 0.5) is 0 Å². The average Bonchev–Trinajstić information content (AvgIpc) is 2.58. The van der Waals surface area contributed by atoms with Crippen molar-refractivity contribution in [3.63, 3.8) is 0 Å². The molecule has 1 N–H and O–H groups in total. The zero-order valence-corrected chi connectivity index (χ0v) is 14.1. The van der Waals surface area contributed by atoms with Gasteiger partial charge >= 0.3 is 0 Å². The molecular formula is C19H30N2O. The lowest BCUT2D eigenvalue weighted by Crippen LogP contribution is -2.46. The Bertz CT molecular complexity index is 449. The molecule has 1 aromatic rings. The van der Waals surface area contributed by atoms with Gasteiger partial charge in [0.15, 0.2) is 0 Å². The van der Waals surface area contributed by atoms with E-state index in [4.69, 9.17) is 0 Å². The minimum absolute atomic E-state index is 0.313. The number of nitrogens with one attached hydrogen (secondary N) is 1. The molecule has 1 saturated heterocycles. The van der Waals surface area contributed by atoms with E-state index in [2.05, 4.69) is 43.4 Å². The van der Waals surface area contributed by atoms with Gasteiger partial charge in [-0.25, -0.2) is 0 Å². The van der Waals surface area contributed by atoms with Crippen LogP contribution in [0.5, 0.6) is 0 Å². The van der Waals surface area contributed by atoms with Gasteiger partial charge in [0.25, 0.3) is 0 Å². The zero-order valence-electron chi connectivity index (χ0n) is 14.1. The Morgan fingerprint density at radius 3 is 2.55 bits per heavy atom. The van der Waals surface area contributed by atoms with Crippen molar-refractivity contribution in [1.82, 2.24) is 10.2 Å². The molecule has 0 bridgehead atoms. The third-order valence-corrected chi connectivity index (χ3v) is 4.63. The highest BCUT2D eigenvalue weighted by molar-refractivity contribution is 5.76. The zero-order chi connectivity index (χ0) is 15.8. The Hall–Kier alpha value is -1.35. The van der Waals surface area contributed by atoms with E-state index in [1.54, 1.807) is 0 Å². The topological polar surface area (TPSA) is 32.3 Å². The molecule has 3 heteroatoms. The van der Waals surface area contributed by atoms with Crippen LogP contribution in [0.2, 0.25) is 0 Å². The van der Waals surface area contributed by atoms with E-state index < -0.39 is 0 Å². The summed E-state index contributed by atoms with van der Waals surface area (Å²) in [5.74, 6) is 0.764. The van der Waals surface area contributed by atoms with Gasteiger partial charge in [0.1, 0.15) is 0 Å². The van der Waals surface area contributed by atoms with Crippen molar-refractivity contribution in [2.45, 2.75) is 51.9 Å². The summed E-state index contributed by atoms with van der Waals surface area (Å²) in [7, 11) is 0. The van der Waals surface area contributed by atoms with E-state index in [1.165, 1.54) is 30.4 Å². The van der Waals surface area contributed by atoms with Crippen molar-refractivity contribution in [3.8, 4) is 0 Å². The fourth-order valence-electron chi connectivity index (χ4n) is 2.97. The Morgan fingerprint density at radius 2 is 1.91 bits per heavy atom. The molecule has 3 nitrogen and oxygen atoms in total. The molecule has 1 aliphatic heterocycles. The minimum atomic E-state index is 0.313. The Balaban J connectivity index is 1.78. The molecule has 1 heterocycles. The summed E-state index contributed by atoms with van der Waals surface area (Å²) in [5, 5.41) is 3.29. The van der Waals surface area contributed by atoms with Crippen LogP contribution in [0.3, 0.4) is 0 Å². The molecule has 0 radical (unpaired) electrons. The summed E-state index contributed by atoms with van der Waals surface area (Å²) in [4.78, 5) is 14.2. The lowest BCUT2D eigenvalue weighted by Gasteiger charge is -2.27. The van der Waals surface area contributed by atoms with E-state index in [0.29, 0.717) is 18.2 Å². The number of carbonyl (C=O) groups excluding carboxylic acids is 1.